The smallest absolute Gasteiger partial charge is 0.275 e. The lowest BCUT2D eigenvalue weighted by atomic mass is 9.83. The van der Waals surface area contributed by atoms with Gasteiger partial charge in [0.2, 0.25) is 5.78 Å². The summed E-state index contributed by atoms with van der Waals surface area (Å²) < 4.78 is 13.0. The monoisotopic (exact) mass is 465 g/mol. The summed E-state index contributed by atoms with van der Waals surface area (Å²) in [6, 6.07) is 11.1. The quantitative estimate of drug-likeness (QED) is 0.576. The first-order valence-electron chi connectivity index (χ1n) is 12.1. The van der Waals surface area contributed by atoms with Crippen LogP contribution in [0.15, 0.2) is 41.2 Å². The Bertz CT molecular complexity index is 1200. The Kier molecular flexibility index (Phi) is 6.47. The van der Waals surface area contributed by atoms with Crippen molar-refractivity contribution in [2.75, 3.05) is 20.3 Å². The van der Waals surface area contributed by atoms with Crippen molar-refractivity contribution >= 4 is 11.7 Å². The van der Waals surface area contributed by atoms with Gasteiger partial charge in [0.25, 0.3) is 11.5 Å². The fraction of sp³-hybridized carbons (Fsp3) is 0.520. The summed E-state index contributed by atoms with van der Waals surface area (Å²) in [6.45, 7) is 1.42. The van der Waals surface area contributed by atoms with Crippen LogP contribution >= 0.6 is 0 Å². The standard InChI is InChI=1S/C25H31N5O4/c1-33-17-20-11-8-14-29(20)23(32)25(12-6-3-7-13-25)34-16-19-15-21(31)30-24(26-19)27-22(28-30)18-9-4-2-5-10-18/h2,4-5,9-10,15,20H,3,6-8,11-14,16-17H2,1H3,(H,26,27,28). The Hall–Kier alpha value is -3.04. The summed E-state index contributed by atoms with van der Waals surface area (Å²) in [5.74, 6) is 0.891. The number of benzene rings is 1. The molecule has 1 amide bonds. The molecular formula is C25H31N5O4. The number of aromatic amines is 1. The van der Waals surface area contributed by atoms with E-state index in [2.05, 4.69) is 15.1 Å². The van der Waals surface area contributed by atoms with Gasteiger partial charge in [-0.2, -0.15) is 9.50 Å². The largest absolute Gasteiger partial charge is 0.383 e. The molecule has 1 unspecified atom stereocenters. The number of nitrogens with zero attached hydrogens (tertiary/aromatic N) is 4. The normalized spacial score (nSPS) is 20.1. The lowest BCUT2D eigenvalue weighted by Crippen LogP contribution is -2.54. The molecule has 0 bridgehead atoms. The van der Waals surface area contributed by atoms with E-state index in [0.717, 1.165) is 44.2 Å². The molecule has 1 atom stereocenters. The molecule has 34 heavy (non-hydrogen) atoms. The zero-order valence-corrected chi connectivity index (χ0v) is 19.5. The highest BCUT2D eigenvalue weighted by Gasteiger charge is 2.46. The second kappa shape index (κ2) is 9.68. The van der Waals surface area contributed by atoms with Crippen LogP contribution in [0.1, 0.15) is 50.6 Å². The lowest BCUT2D eigenvalue weighted by molar-refractivity contribution is -0.167. The van der Waals surface area contributed by atoms with Gasteiger partial charge in [0.05, 0.1) is 19.3 Å². The van der Waals surface area contributed by atoms with Gasteiger partial charge in [-0.3, -0.25) is 9.59 Å². The Balaban J connectivity index is 1.38. The Morgan fingerprint density at radius 1 is 1.18 bits per heavy atom. The molecule has 9 nitrogen and oxygen atoms in total. The van der Waals surface area contributed by atoms with E-state index in [9.17, 15) is 9.59 Å². The van der Waals surface area contributed by atoms with Crippen molar-refractivity contribution < 1.29 is 14.3 Å². The SMILES string of the molecule is COCC1CCCN1C(=O)C1(OCc2cc(=O)n3nc(-c4ccccc4)nc3[nH]2)CCCCC1. The van der Waals surface area contributed by atoms with Crippen LogP contribution in [0.4, 0.5) is 0 Å². The highest BCUT2D eigenvalue weighted by Crippen LogP contribution is 2.36. The van der Waals surface area contributed by atoms with E-state index in [4.69, 9.17) is 9.47 Å². The number of fused-ring (bicyclic) bond motifs is 1. The Morgan fingerprint density at radius 2 is 1.97 bits per heavy atom. The van der Waals surface area contributed by atoms with Crippen LogP contribution < -0.4 is 5.56 Å². The number of likely N-dealkylation sites (tertiary alicyclic amines) is 1. The fourth-order valence-electron chi connectivity index (χ4n) is 5.21. The maximum absolute atomic E-state index is 13.7. The predicted octanol–water partition coefficient (Wildman–Crippen LogP) is 2.94. The van der Waals surface area contributed by atoms with E-state index in [1.165, 1.54) is 10.6 Å². The van der Waals surface area contributed by atoms with E-state index in [0.29, 0.717) is 36.7 Å². The summed E-state index contributed by atoms with van der Waals surface area (Å²) in [6.07, 6.45) is 6.33. The van der Waals surface area contributed by atoms with Crippen LogP contribution in [0.3, 0.4) is 0 Å². The maximum Gasteiger partial charge on any atom is 0.275 e. The molecular weight excluding hydrogens is 434 g/mol. The van der Waals surface area contributed by atoms with Crippen LogP contribution in [-0.4, -0.2) is 62.3 Å². The van der Waals surface area contributed by atoms with Crippen molar-refractivity contribution in [3.63, 3.8) is 0 Å². The molecule has 1 aliphatic heterocycles. The highest BCUT2D eigenvalue weighted by molar-refractivity contribution is 5.86. The third-order valence-electron chi connectivity index (χ3n) is 6.97. The molecule has 3 heterocycles. The molecule has 2 aliphatic rings. The van der Waals surface area contributed by atoms with Gasteiger partial charge >= 0.3 is 0 Å². The van der Waals surface area contributed by atoms with Gasteiger partial charge in [-0.1, -0.05) is 49.6 Å². The average Bonchev–Trinajstić information content (AvgIpc) is 3.51. The molecule has 5 rings (SSSR count). The third-order valence-corrected chi connectivity index (χ3v) is 6.97. The molecule has 0 spiro atoms. The summed E-state index contributed by atoms with van der Waals surface area (Å²) in [4.78, 5) is 36.1. The molecule has 180 valence electrons. The van der Waals surface area contributed by atoms with E-state index in [-0.39, 0.29) is 24.1 Å². The number of H-pyrrole nitrogens is 1. The first-order valence-corrected chi connectivity index (χ1v) is 12.1. The number of aromatic nitrogens is 4. The van der Waals surface area contributed by atoms with Crippen LogP contribution in [0.5, 0.6) is 0 Å². The van der Waals surface area contributed by atoms with Crippen molar-refractivity contribution in [1.29, 1.82) is 0 Å². The van der Waals surface area contributed by atoms with E-state index in [1.807, 2.05) is 35.2 Å². The Labute approximate surface area is 198 Å². The van der Waals surface area contributed by atoms with Gasteiger partial charge in [-0.15, -0.1) is 5.10 Å². The number of carbonyl (C=O) groups is 1. The predicted molar refractivity (Wildman–Crippen MR) is 126 cm³/mol. The van der Waals surface area contributed by atoms with Crippen LogP contribution in [0.25, 0.3) is 17.2 Å². The van der Waals surface area contributed by atoms with Crippen molar-refractivity contribution in [2.45, 2.75) is 63.2 Å². The number of amides is 1. The number of nitrogens with one attached hydrogen (secondary N) is 1. The number of hydrogen-bond donors (Lipinski definition) is 1. The van der Waals surface area contributed by atoms with E-state index in [1.54, 1.807) is 7.11 Å². The van der Waals surface area contributed by atoms with E-state index < -0.39 is 5.60 Å². The topological polar surface area (TPSA) is 102 Å². The molecule has 0 radical (unpaired) electrons. The minimum absolute atomic E-state index is 0.0593. The van der Waals surface area contributed by atoms with Gasteiger partial charge in [0.15, 0.2) is 5.82 Å². The molecule has 3 aromatic rings. The number of methoxy groups -OCH3 is 1. The summed E-state index contributed by atoms with van der Waals surface area (Å²) in [7, 11) is 1.67. The molecule has 9 heteroatoms. The molecule has 1 saturated heterocycles. The van der Waals surface area contributed by atoms with E-state index >= 15 is 0 Å². The van der Waals surface area contributed by atoms with Gasteiger partial charge in [-0.05, 0) is 25.7 Å². The minimum atomic E-state index is -0.861. The van der Waals surface area contributed by atoms with Crippen LogP contribution in [-0.2, 0) is 20.9 Å². The van der Waals surface area contributed by atoms with Crippen LogP contribution in [0.2, 0.25) is 0 Å². The summed E-state index contributed by atoms with van der Waals surface area (Å²) in [5.41, 5.74) is 0.267. The second-order valence-corrected chi connectivity index (χ2v) is 9.26. The first-order chi connectivity index (χ1) is 16.6. The van der Waals surface area contributed by atoms with Crippen molar-refractivity contribution in [3.05, 3.63) is 52.4 Å². The van der Waals surface area contributed by atoms with Gasteiger partial charge in [-0.25, -0.2) is 0 Å². The molecule has 2 fully saturated rings. The summed E-state index contributed by atoms with van der Waals surface area (Å²) in [5, 5.41) is 4.34. The zero-order chi connectivity index (χ0) is 23.5. The first kappa shape index (κ1) is 22.7. The van der Waals surface area contributed by atoms with Gasteiger partial charge < -0.3 is 19.4 Å². The lowest BCUT2D eigenvalue weighted by Gasteiger charge is -2.40. The van der Waals surface area contributed by atoms with Crippen molar-refractivity contribution in [1.82, 2.24) is 24.5 Å². The van der Waals surface area contributed by atoms with Crippen molar-refractivity contribution in [3.8, 4) is 11.4 Å². The van der Waals surface area contributed by atoms with Gasteiger partial charge in [0, 0.05) is 31.0 Å². The van der Waals surface area contributed by atoms with Gasteiger partial charge in [0.1, 0.15) is 5.60 Å². The zero-order valence-electron chi connectivity index (χ0n) is 19.5. The number of ether oxygens (including phenoxy) is 2. The summed E-state index contributed by atoms with van der Waals surface area (Å²) >= 11 is 0. The number of rotatable bonds is 7. The minimum Gasteiger partial charge on any atom is -0.383 e. The average molecular weight is 466 g/mol. The van der Waals surface area contributed by atoms with Crippen molar-refractivity contribution in [2.24, 2.45) is 0 Å². The molecule has 2 aromatic heterocycles. The molecule has 1 aromatic carbocycles. The van der Waals surface area contributed by atoms with Crippen LogP contribution in [0, 0.1) is 0 Å². The maximum atomic E-state index is 13.7. The Morgan fingerprint density at radius 3 is 2.74 bits per heavy atom. The molecule has 1 N–H and O–H groups in total. The fourth-order valence-corrected chi connectivity index (χ4v) is 5.21. The number of hydrogen-bond acceptors (Lipinski definition) is 6. The molecule has 1 aliphatic carbocycles. The second-order valence-electron chi connectivity index (χ2n) is 9.26. The highest BCUT2D eigenvalue weighted by atomic mass is 16.5. The number of carbonyl (C=O) groups excluding carboxylic acids is 1. The third kappa shape index (κ3) is 4.37. The molecule has 1 saturated carbocycles.